The average Bonchev–Trinajstić information content (AvgIpc) is 2.55. The van der Waals surface area contributed by atoms with Gasteiger partial charge in [-0.05, 0) is 18.6 Å². The first kappa shape index (κ1) is 15.6. The second kappa shape index (κ2) is 7.83. The highest BCUT2D eigenvalue weighted by Gasteiger charge is 2.19. The minimum absolute atomic E-state index is 0.300. The maximum Gasteiger partial charge on any atom is 0.200 e. The summed E-state index contributed by atoms with van der Waals surface area (Å²) in [5.41, 5.74) is 1.69. The topological polar surface area (TPSA) is 53.5 Å². The van der Waals surface area contributed by atoms with Gasteiger partial charge in [0.25, 0.3) is 0 Å². The van der Waals surface area contributed by atoms with Gasteiger partial charge in [-0.2, -0.15) is 0 Å². The first-order chi connectivity index (χ1) is 10.3. The molecule has 1 heterocycles. The minimum Gasteiger partial charge on any atom is -0.366 e. The van der Waals surface area contributed by atoms with Crippen LogP contribution in [0.25, 0.3) is 0 Å². The second-order valence-electron chi connectivity index (χ2n) is 4.39. The molecule has 5 nitrogen and oxygen atoms in total. The first-order valence-electron chi connectivity index (χ1n) is 6.85. The molecule has 1 aromatic carbocycles. The molecule has 21 heavy (non-hydrogen) atoms. The van der Waals surface area contributed by atoms with E-state index in [0.29, 0.717) is 18.1 Å². The third-order valence-corrected chi connectivity index (χ3v) is 3.04. The normalized spacial score (nSPS) is 12.6. The van der Waals surface area contributed by atoms with Crippen molar-refractivity contribution in [2.75, 3.05) is 20.8 Å². The molecule has 5 heteroatoms. The largest absolute Gasteiger partial charge is 0.366 e. The smallest absolute Gasteiger partial charge is 0.200 e. The third-order valence-electron chi connectivity index (χ3n) is 3.04. The molecule has 0 bridgehead atoms. The van der Waals surface area contributed by atoms with Crippen molar-refractivity contribution >= 4 is 0 Å². The molecule has 0 radical (unpaired) electrons. The molecule has 112 valence electrons. The maximum atomic E-state index is 5.81. The molecular weight excluding hydrogens is 268 g/mol. The molecule has 0 aliphatic heterocycles. The van der Waals surface area contributed by atoms with Crippen LogP contribution in [0, 0.1) is 0 Å². The van der Waals surface area contributed by atoms with Crippen LogP contribution in [0.2, 0.25) is 0 Å². The Morgan fingerprint density at radius 3 is 2.38 bits per heavy atom. The van der Waals surface area contributed by atoms with Gasteiger partial charge in [0.15, 0.2) is 5.82 Å². The number of aromatic nitrogens is 2. The van der Waals surface area contributed by atoms with Crippen LogP contribution in [-0.4, -0.2) is 30.8 Å². The van der Waals surface area contributed by atoms with Gasteiger partial charge in [0.1, 0.15) is 11.8 Å². The van der Waals surface area contributed by atoms with Gasteiger partial charge in [0, 0.05) is 27.0 Å². The molecular formula is C16H20N2O3. The van der Waals surface area contributed by atoms with Crippen LogP contribution in [0.1, 0.15) is 36.4 Å². The highest BCUT2D eigenvalue weighted by molar-refractivity contribution is 5.23. The van der Waals surface area contributed by atoms with Crippen LogP contribution in [0.4, 0.5) is 0 Å². The fraction of sp³-hybridized carbons (Fsp3) is 0.375. The number of benzene rings is 1. The summed E-state index contributed by atoms with van der Waals surface area (Å²) in [5.74, 6) is 0.597. The standard InChI is InChI=1S/C16H20N2O3/c1-4-21-14(12-8-6-5-7-9-12)15-17-11-10-13(18-15)16(19-2)20-3/h5-11,14,16H,4H2,1-3H3. The Kier molecular flexibility index (Phi) is 5.80. The molecule has 2 rings (SSSR count). The summed E-state index contributed by atoms with van der Waals surface area (Å²) >= 11 is 0. The predicted octanol–water partition coefficient (Wildman–Crippen LogP) is 2.89. The Labute approximate surface area is 124 Å². The number of ether oxygens (including phenoxy) is 3. The summed E-state index contributed by atoms with van der Waals surface area (Å²) in [6.45, 7) is 2.53. The fourth-order valence-corrected chi connectivity index (χ4v) is 2.10. The molecule has 0 fully saturated rings. The van der Waals surface area contributed by atoms with E-state index in [1.165, 1.54) is 0 Å². The van der Waals surface area contributed by atoms with Crippen molar-refractivity contribution < 1.29 is 14.2 Å². The van der Waals surface area contributed by atoms with Crippen LogP contribution in [0.3, 0.4) is 0 Å². The summed E-state index contributed by atoms with van der Waals surface area (Å²) in [6, 6.07) is 11.7. The molecule has 0 aliphatic carbocycles. The van der Waals surface area contributed by atoms with E-state index in [1.54, 1.807) is 26.5 Å². The zero-order chi connectivity index (χ0) is 15.1. The molecule has 2 aromatic rings. The monoisotopic (exact) mass is 288 g/mol. The van der Waals surface area contributed by atoms with E-state index in [4.69, 9.17) is 14.2 Å². The zero-order valence-corrected chi connectivity index (χ0v) is 12.5. The highest BCUT2D eigenvalue weighted by atomic mass is 16.7. The average molecular weight is 288 g/mol. The molecule has 1 unspecified atom stereocenters. The molecule has 0 saturated heterocycles. The van der Waals surface area contributed by atoms with Gasteiger partial charge in [0.2, 0.25) is 6.29 Å². The Morgan fingerprint density at radius 1 is 1.05 bits per heavy atom. The summed E-state index contributed by atoms with van der Waals surface area (Å²) < 4.78 is 16.3. The number of methoxy groups -OCH3 is 2. The molecule has 0 N–H and O–H groups in total. The van der Waals surface area contributed by atoms with Crippen LogP contribution in [-0.2, 0) is 14.2 Å². The van der Waals surface area contributed by atoms with Crippen LogP contribution < -0.4 is 0 Å². The number of hydrogen-bond acceptors (Lipinski definition) is 5. The van der Waals surface area contributed by atoms with Crippen molar-refractivity contribution in [3.63, 3.8) is 0 Å². The minimum atomic E-state index is -0.509. The lowest BCUT2D eigenvalue weighted by Gasteiger charge is -2.18. The van der Waals surface area contributed by atoms with Gasteiger partial charge < -0.3 is 14.2 Å². The first-order valence-corrected chi connectivity index (χ1v) is 6.85. The number of rotatable bonds is 7. The van der Waals surface area contributed by atoms with E-state index in [1.807, 2.05) is 37.3 Å². The summed E-state index contributed by atoms with van der Waals surface area (Å²) in [4.78, 5) is 8.86. The summed E-state index contributed by atoms with van der Waals surface area (Å²) in [7, 11) is 3.15. The molecule has 1 aromatic heterocycles. The van der Waals surface area contributed by atoms with E-state index in [9.17, 15) is 0 Å². The SMILES string of the molecule is CCOC(c1ccccc1)c1nccc(C(OC)OC)n1. The molecule has 0 amide bonds. The second-order valence-corrected chi connectivity index (χ2v) is 4.39. The van der Waals surface area contributed by atoms with E-state index >= 15 is 0 Å². The fourth-order valence-electron chi connectivity index (χ4n) is 2.10. The summed E-state index contributed by atoms with van der Waals surface area (Å²) in [5, 5.41) is 0. The van der Waals surface area contributed by atoms with Crippen LogP contribution >= 0.6 is 0 Å². The molecule has 0 saturated carbocycles. The Bertz CT molecular complexity index is 544. The van der Waals surface area contributed by atoms with E-state index < -0.39 is 6.29 Å². The predicted molar refractivity (Wildman–Crippen MR) is 78.7 cm³/mol. The van der Waals surface area contributed by atoms with Crippen LogP contribution in [0.5, 0.6) is 0 Å². The molecule has 0 aliphatic rings. The lowest BCUT2D eigenvalue weighted by Crippen LogP contribution is -2.14. The van der Waals surface area contributed by atoms with Gasteiger partial charge in [-0.3, -0.25) is 0 Å². The number of hydrogen-bond donors (Lipinski definition) is 0. The zero-order valence-electron chi connectivity index (χ0n) is 12.5. The van der Waals surface area contributed by atoms with E-state index in [2.05, 4.69) is 9.97 Å². The Morgan fingerprint density at radius 2 is 1.76 bits per heavy atom. The van der Waals surface area contributed by atoms with Crippen molar-refractivity contribution in [1.82, 2.24) is 9.97 Å². The van der Waals surface area contributed by atoms with Gasteiger partial charge in [-0.25, -0.2) is 9.97 Å². The van der Waals surface area contributed by atoms with Gasteiger partial charge in [-0.15, -0.1) is 0 Å². The van der Waals surface area contributed by atoms with Crippen molar-refractivity contribution in [3.8, 4) is 0 Å². The van der Waals surface area contributed by atoms with Crippen LogP contribution in [0.15, 0.2) is 42.6 Å². The molecule has 0 spiro atoms. The Balaban J connectivity index is 2.35. The maximum absolute atomic E-state index is 5.81. The third kappa shape index (κ3) is 3.85. The quantitative estimate of drug-likeness (QED) is 0.733. The van der Waals surface area contributed by atoms with Gasteiger partial charge in [0.05, 0.1) is 0 Å². The van der Waals surface area contributed by atoms with E-state index in [-0.39, 0.29) is 6.10 Å². The van der Waals surface area contributed by atoms with E-state index in [0.717, 1.165) is 5.56 Å². The lowest BCUT2D eigenvalue weighted by molar-refractivity contribution is -0.109. The summed E-state index contributed by atoms with van der Waals surface area (Å²) in [6.07, 6.45) is 0.882. The van der Waals surface area contributed by atoms with Gasteiger partial charge >= 0.3 is 0 Å². The van der Waals surface area contributed by atoms with Gasteiger partial charge in [-0.1, -0.05) is 30.3 Å². The number of nitrogens with zero attached hydrogens (tertiary/aromatic N) is 2. The van der Waals surface area contributed by atoms with Crippen molar-refractivity contribution in [2.24, 2.45) is 0 Å². The van der Waals surface area contributed by atoms with Crippen molar-refractivity contribution in [3.05, 3.63) is 59.7 Å². The Hall–Kier alpha value is -1.82. The highest BCUT2D eigenvalue weighted by Crippen LogP contribution is 2.24. The molecule has 1 atom stereocenters. The lowest BCUT2D eigenvalue weighted by atomic mass is 10.1. The van der Waals surface area contributed by atoms with Crippen molar-refractivity contribution in [2.45, 2.75) is 19.3 Å². The van der Waals surface area contributed by atoms with Crippen molar-refractivity contribution in [1.29, 1.82) is 0 Å².